The summed E-state index contributed by atoms with van der Waals surface area (Å²) < 4.78 is 0.854. The molecule has 2 nitrogen and oxygen atoms in total. The van der Waals surface area contributed by atoms with Crippen molar-refractivity contribution in [2.45, 2.75) is 32.7 Å². The number of nitrogens with two attached hydrogens (primary N) is 1. The minimum atomic E-state index is -0.589. The molecule has 0 aliphatic carbocycles. The van der Waals surface area contributed by atoms with E-state index in [1.807, 2.05) is 25.1 Å². The molecule has 0 radical (unpaired) electrons. The average Bonchev–Trinajstić information content (AvgIpc) is 2.32. The summed E-state index contributed by atoms with van der Waals surface area (Å²) in [5, 5.41) is 10.3. The van der Waals surface area contributed by atoms with E-state index < -0.39 is 5.54 Å². The monoisotopic (exact) mass is 333 g/mol. The highest BCUT2D eigenvalue weighted by atomic mass is 79.9. The van der Waals surface area contributed by atoms with E-state index in [1.54, 1.807) is 0 Å². The summed E-state index contributed by atoms with van der Waals surface area (Å²) in [7, 11) is 0. The molecule has 0 saturated carbocycles. The van der Waals surface area contributed by atoms with Gasteiger partial charge in [-0.1, -0.05) is 37.9 Å². The smallest absolute Gasteiger partial charge is 0.0551 e. The highest BCUT2D eigenvalue weighted by Crippen LogP contribution is 2.35. The van der Waals surface area contributed by atoms with Crippen LogP contribution in [-0.4, -0.2) is 11.7 Å². The van der Waals surface area contributed by atoms with Gasteiger partial charge in [0.15, 0.2) is 0 Å². The van der Waals surface area contributed by atoms with E-state index in [2.05, 4.69) is 29.8 Å². The van der Waals surface area contributed by atoms with Crippen LogP contribution >= 0.6 is 27.5 Å². The first-order valence-electron chi connectivity index (χ1n) is 6.19. The van der Waals surface area contributed by atoms with Gasteiger partial charge in [0.2, 0.25) is 0 Å². The van der Waals surface area contributed by atoms with E-state index in [4.69, 9.17) is 17.3 Å². The molecule has 0 aliphatic heterocycles. The Morgan fingerprint density at radius 1 is 1.50 bits per heavy atom. The lowest BCUT2D eigenvalue weighted by atomic mass is 9.73. The molecule has 102 valence electrons. The SMILES string of the molecule is CC[C@H](C)C(CO)[C@@](C)(N)c1ccc(Br)c(Cl)c1. The molecule has 4 heteroatoms. The normalized spacial score (nSPS) is 18.2. The molecule has 1 rings (SSSR count). The third-order valence-electron chi connectivity index (χ3n) is 3.84. The molecule has 1 unspecified atom stereocenters. The highest BCUT2D eigenvalue weighted by molar-refractivity contribution is 9.10. The number of hydrogen-bond donors (Lipinski definition) is 2. The van der Waals surface area contributed by atoms with Crippen molar-refractivity contribution in [3.8, 4) is 0 Å². The fourth-order valence-corrected chi connectivity index (χ4v) is 2.72. The molecule has 3 atom stereocenters. The van der Waals surface area contributed by atoms with Crippen LogP contribution in [0, 0.1) is 11.8 Å². The summed E-state index contributed by atoms with van der Waals surface area (Å²) in [6, 6.07) is 5.73. The first-order chi connectivity index (χ1) is 8.34. The van der Waals surface area contributed by atoms with Gasteiger partial charge in [-0.05, 0) is 46.5 Å². The Morgan fingerprint density at radius 3 is 2.56 bits per heavy atom. The molecule has 0 bridgehead atoms. The molecule has 18 heavy (non-hydrogen) atoms. The van der Waals surface area contributed by atoms with E-state index in [1.165, 1.54) is 0 Å². The summed E-state index contributed by atoms with van der Waals surface area (Å²) in [6.07, 6.45) is 0.988. The molecule has 1 aromatic rings. The number of halogens is 2. The lowest BCUT2D eigenvalue weighted by Crippen LogP contribution is -2.45. The second-order valence-electron chi connectivity index (χ2n) is 5.09. The van der Waals surface area contributed by atoms with Crippen molar-refractivity contribution in [1.82, 2.24) is 0 Å². The Hall–Kier alpha value is -0.0900. The molecule has 0 aliphatic rings. The van der Waals surface area contributed by atoms with E-state index in [0.29, 0.717) is 10.9 Å². The van der Waals surface area contributed by atoms with Crippen molar-refractivity contribution in [2.75, 3.05) is 6.61 Å². The fraction of sp³-hybridized carbons (Fsp3) is 0.571. The van der Waals surface area contributed by atoms with Gasteiger partial charge >= 0.3 is 0 Å². The number of aliphatic hydroxyl groups is 1. The maximum atomic E-state index is 9.63. The molecule has 0 aromatic heterocycles. The standard InChI is InChI=1S/C14H21BrClNO/c1-4-9(2)11(8-18)14(3,17)10-5-6-12(15)13(16)7-10/h5-7,9,11,18H,4,8,17H2,1-3H3/t9-,11?,14-/m0/s1. The van der Waals surface area contributed by atoms with Crippen LogP contribution < -0.4 is 5.73 Å². The van der Waals surface area contributed by atoms with Crippen LogP contribution in [0.3, 0.4) is 0 Å². The Labute approximate surface area is 123 Å². The van der Waals surface area contributed by atoms with Crippen molar-refractivity contribution >= 4 is 27.5 Å². The van der Waals surface area contributed by atoms with Gasteiger partial charge < -0.3 is 10.8 Å². The Morgan fingerprint density at radius 2 is 2.11 bits per heavy atom. The predicted octanol–water partition coefficient (Wildman–Crippen LogP) is 3.93. The second kappa shape index (κ2) is 6.38. The third kappa shape index (κ3) is 3.27. The van der Waals surface area contributed by atoms with Crippen molar-refractivity contribution in [3.63, 3.8) is 0 Å². The first-order valence-corrected chi connectivity index (χ1v) is 7.36. The zero-order valence-electron chi connectivity index (χ0n) is 11.1. The molecule has 3 N–H and O–H groups in total. The summed E-state index contributed by atoms with van der Waals surface area (Å²) in [5.74, 6) is 0.368. The minimum Gasteiger partial charge on any atom is -0.396 e. The maximum Gasteiger partial charge on any atom is 0.0551 e. The van der Waals surface area contributed by atoms with Crippen molar-refractivity contribution < 1.29 is 5.11 Å². The number of rotatable bonds is 5. The van der Waals surface area contributed by atoms with Crippen LogP contribution in [0.2, 0.25) is 5.02 Å². The topological polar surface area (TPSA) is 46.2 Å². The van der Waals surface area contributed by atoms with Crippen LogP contribution in [-0.2, 0) is 5.54 Å². The van der Waals surface area contributed by atoms with Gasteiger partial charge in [0.1, 0.15) is 0 Å². The molecule has 0 saturated heterocycles. The Balaban J connectivity index is 3.13. The van der Waals surface area contributed by atoms with Gasteiger partial charge in [-0.15, -0.1) is 0 Å². The maximum absolute atomic E-state index is 9.63. The summed E-state index contributed by atoms with van der Waals surface area (Å²) in [5.41, 5.74) is 6.82. The van der Waals surface area contributed by atoms with Crippen molar-refractivity contribution in [1.29, 1.82) is 0 Å². The Bertz CT molecular complexity index is 409. The minimum absolute atomic E-state index is 0.0137. The summed E-state index contributed by atoms with van der Waals surface area (Å²) in [6.45, 7) is 6.26. The van der Waals surface area contributed by atoms with Crippen molar-refractivity contribution in [2.24, 2.45) is 17.6 Å². The number of hydrogen-bond acceptors (Lipinski definition) is 2. The van der Waals surface area contributed by atoms with E-state index in [-0.39, 0.29) is 12.5 Å². The number of benzene rings is 1. The third-order valence-corrected chi connectivity index (χ3v) is 5.07. The van der Waals surface area contributed by atoms with Gasteiger partial charge in [-0.25, -0.2) is 0 Å². The zero-order chi connectivity index (χ0) is 13.9. The molecule has 0 heterocycles. The predicted molar refractivity (Wildman–Crippen MR) is 80.7 cm³/mol. The molecule has 0 fully saturated rings. The largest absolute Gasteiger partial charge is 0.396 e. The first kappa shape index (κ1) is 16.0. The van der Waals surface area contributed by atoms with Crippen LogP contribution in [0.5, 0.6) is 0 Å². The average molecular weight is 335 g/mol. The summed E-state index contributed by atoms with van der Waals surface area (Å²) in [4.78, 5) is 0. The zero-order valence-corrected chi connectivity index (χ0v) is 13.4. The summed E-state index contributed by atoms with van der Waals surface area (Å²) >= 11 is 9.49. The van der Waals surface area contributed by atoms with Crippen LogP contribution in [0.1, 0.15) is 32.8 Å². The van der Waals surface area contributed by atoms with Crippen LogP contribution in [0.15, 0.2) is 22.7 Å². The second-order valence-corrected chi connectivity index (χ2v) is 6.35. The quantitative estimate of drug-likeness (QED) is 0.857. The van der Waals surface area contributed by atoms with Gasteiger partial charge in [-0.3, -0.25) is 0 Å². The van der Waals surface area contributed by atoms with Gasteiger partial charge in [-0.2, -0.15) is 0 Å². The van der Waals surface area contributed by atoms with Crippen LogP contribution in [0.25, 0.3) is 0 Å². The van der Waals surface area contributed by atoms with E-state index >= 15 is 0 Å². The van der Waals surface area contributed by atoms with Crippen molar-refractivity contribution in [3.05, 3.63) is 33.3 Å². The van der Waals surface area contributed by atoms with Gasteiger partial charge in [0.25, 0.3) is 0 Å². The molecular formula is C14H21BrClNO. The molecule has 0 spiro atoms. The number of aliphatic hydroxyl groups excluding tert-OH is 1. The molecule has 1 aromatic carbocycles. The lowest BCUT2D eigenvalue weighted by molar-refractivity contribution is 0.111. The van der Waals surface area contributed by atoms with E-state index in [9.17, 15) is 5.11 Å². The molecular weight excluding hydrogens is 314 g/mol. The van der Waals surface area contributed by atoms with Gasteiger partial charge in [0, 0.05) is 22.5 Å². The lowest BCUT2D eigenvalue weighted by Gasteiger charge is -2.37. The Kier molecular flexibility index (Phi) is 5.66. The highest BCUT2D eigenvalue weighted by Gasteiger charge is 2.34. The fourth-order valence-electron chi connectivity index (χ4n) is 2.29. The van der Waals surface area contributed by atoms with Gasteiger partial charge in [0.05, 0.1) is 5.02 Å². The molecule has 0 amide bonds. The van der Waals surface area contributed by atoms with E-state index in [0.717, 1.165) is 16.5 Å². The van der Waals surface area contributed by atoms with Crippen LogP contribution in [0.4, 0.5) is 0 Å².